The van der Waals surface area contributed by atoms with Crippen LogP contribution in [0.25, 0.3) is 0 Å². The molecule has 9 heteroatoms. The summed E-state index contributed by atoms with van der Waals surface area (Å²) in [6.45, 7) is 1.41. The number of thiophene rings is 1. The van der Waals surface area contributed by atoms with E-state index in [1.165, 1.54) is 16.7 Å². The van der Waals surface area contributed by atoms with Gasteiger partial charge in [0.2, 0.25) is 0 Å². The number of esters is 1. The van der Waals surface area contributed by atoms with E-state index in [2.05, 4.69) is 47.8 Å². The topological polar surface area (TPSA) is 84.6 Å². The first kappa shape index (κ1) is 17.9. The number of carbonyl (C=O) groups excluding carboxylic acids is 1. The molecule has 2 aromatic heterocycles. The molecule has 0 aliphatic rings. The van der Waals surface area contributed by atoms with E-state index in [1.54, 1.807) is 24.6 Å². The van der Waals surface area contributed by atoms with Gasteiger partial charge < -0.3 is 15.0 Å². The highest BCUT2D eigenvalue weighted by Crippen LogP contribution is 2.09. The van der Waals surface area contributed by atoms with Gasteiger partial charge in [-0.15, -0.1) is 16.4 Å². The van der Waals surface area contributed by atoms with Crippen LogP contribution in [0.4, 0.5) is 0 Å². The van der Waals surface area contributed by atoms with Gasteiger partial charge in [-0.25, -0.2) is 4.68 Å². The standard InChI is InChI=1S/C15H22N6O2S/c1-16-15(20(2)7-6-13-5-4-8-24-13)17-9-12-10-21(19-18-12)11-14(22)23-3/h4-5,8,10H,6-7,9,11H2,1-3H3,(H,16,17). The van der Waals surface area contributed by atoms with Gasteiger partial charge in [0.15, 0.2) is 5.96 Å². The van der Waals surface area contributed by atoms with Crippen LogP contribution in [0.1, 0.15) is 10.6 Å². The smallest absolute Gasteiger partial charge is 0.327 e. The Labute approximate surface area is 145 Å². The molecule has 0 aliphatic carbocycles. The summed E-state index contributed by atoms with van der Waals surface area (Å²) >= 11 is 1.76. The summed E-state index contributed by atoms with van der Waals surface area (Å²) in [6.07, 6.45) is 2.69. The van der Waals surface area contributed by atoms with Gasteiger partial charge in [-0.1, -0.05) is 11.3 Å². The number of carbonyl (C=O) groups is 1. The lowest BCUT2D eigenvalue weighted by Crippen LogP contribution is -2.39. The highest BCUT2D eigenvalue weighted by molar-refractivity contribution is 7.09. The lowest BCUT2D eigenvalue weighted by atomic mass is 10.3. The molecule has 8 nitrogen and oxygen atoms in total. The highest BCUT2D eigenvalue weighted by atomic mass is 32.1. The molecule has 0 atom stereocenters. The van der Waals surface area contributed by atoms with E-state index in [0.29, 0.717) is 6.54 Å². The molecule has 130 valence electrons. The van der Waals surface area contributed by atoms with Gasteiger partial charge in [-0.2, -0.15) is 0 Å². The van der Waals surface area contributed by atoms with Gasteiger partial charge in [0.25, 0.3) is 0 Å². The van der Waals surface area contributed by atoms with E-state index < -0.39 is 0 Å². The van der Waals surface area contributed by atoms with Crippen LogP contribution in [0.5, 0.6) is 0 Å². The SMILES string of the molecule is CN=C(NCc1cn(CC(=O)OC)nn1)N(C)CCc1cccs1. The Morgan fingerprint density at radius 2 is 2.38 bits per heavy atom. The average molecular weight is 350 g/mol. The summed E-state index contributed by atoms with van der Waals surface area (Å²) in [4.78, 5) is 18.9. The molecule has 0 bridgehead atoms. The third-order valence-corrected chi connectivity index (χ3v) is 4.32. The second-order valence-electron chi connectivity index (χ2n) is 5.14. The molecule has 1 N–H and O–H groups in total. The summed E-state index contributed by atoms with van der Waals surface area (Å²) in [5.41, 5.74) is 0.728. The van der Waals surface area contributed by atoms with Crippen LogP contribution in [0.15, 0.2) is 28.7 Å². The Bertz CT molecular complexity index is 667. The maximum Gasteiger partial charge on any atom is 0.327 e. The van der Waals surface area contributed by atoms with Crippen molar-refractivity contribution in [3.05, 3.63) is 34.3 Å². The zero-order valence-corrected chi connectivity index (χ0v) is 14.9. The second-order valence-corrected chi connectivity index (χ2v) is 6.17. The predicted molar refractivity (Wildman–Crippen MR) is 92.9 cm³/mol. The van der Waals surface area contributed by atoms with E-state index in [9.17, 15) is 4.79 Å². The Balaban J connectivity index is 1.81. The van der Waals surface area contributed by atoms with Crippen LogP contribution in [-0.4, -0.2) is 59.6 Å². The summed E-state index contributed by atoms with van der Waals surface area (Å²) in [5.74, 6) is 0.428. The molecule has 2 rings (SSSR count). The van der Waals surface area contributed by atoms with Crippen LogP contribution in [0, 0.1) is 0 Å². The summed E-state index contributed by atoms with van der Waals surface area (Å²) < 4.78 is 6.05. The van der Waals surface area contributed by atoms with Crippen LogP contribution in [-0.2, 0) is 29.0 Å². The largest absolute Gasteiger partial charge is 0.468 e. The van der Waals surface area contributed by atoms with E-state index in [0.717, 1.165) is 24.6 Å². The average Bonchev–Trinajstić information content (AvgIpc) is 3.25. The monoisotopic (exact) mass is 350 g/mol. The molecule has 0 aliphatic heterocycles. The van der Waals surface area contributed by atoms with Crippen LogP contribution in [0.3, 0.4) is 0 Å². The maximum absolute atomic E-state index is 11.2. The zero-order chi connectivity index (χ0) is 17.4. The first-order valence-electron chi connectivity index (χ1n) is 7.52. The minimum absolute atomic E-state index is 0.0545. The number of aromatic nitrogens is 3. The molecule has 0 aromatic carbocycles. The number of likely N-dealkylation sites (N-methyl/N-ethyl adjacent to an activating group) is 1. The number of nitrogens with zero attached hydrogens (tertiary/aromatic N) is 5. The summed E-state index contributed by atoms with van der Waals surface area (Å²) in [7, 11) is 5.09. The first-order valence-corrected chi connectivity index (χ1v) is 8.40. The summed E-state index contributed by atoms with van der Waals surface area (Å²) in [5, 5.41) is 13.3. The number of nitrogens with one attached hydrogen (secondary N) is 1. The molecule has 24 heavy (non-hydrogen) atoms. The minimum Gasteiger partial charge on any atom is -0.468 e. The van der Waals surface area contributed by atoms with Crippen molar-refractivity contribution in [1.29, 1.82) is 0 Å². The van der Waals surface area contributed by atoms with Gasteiger partial charge in [-0.3, -0.25) is 9.79 Å². The molecular formula is C15H22N6O2S. The summed E-state index contributed by atoms with van der Waals surface area (Å²) in [6, 6.07) is 4.19. The number of ether oxygens (including phenoxy) is 1. The van der Waals surface area contributed by atoms with Crippen LogP contribution in [0.2, 0.25) is 0 Å². The molecule has 0 unspecified atom stereocenters. The Morgan fingerprint density at radius 1 is 1.54 bits per heavy atom. The van der Waals surface area contributed by atoms with Gasteiger partial charge >= 0.3 is 5.97 Å². The number of rotatable bonds is 7. The molecule has 0 fully saturated rings. The normalized spacial score (nSPS) is 11.4. The van der Waals surface area contributed by atoms with Gasteiger partial charge in [0, 0.05) is 25.5 Å². The number of aliphatic imine (C=N–C) groups is 1. The van der Waals surface area contributed by atoms with Gasteiger partial charge in [-0.05, 0) is 17.9 Å². The molecule has 0 saturated heterocycles. The molecule has 0 amide bonds. The molecular weight excluding hydrogens is 328 g/mol. The molecule has 0 radical (unpaired) electrons. The lowest BCUT2D eigenvalue weighted by Gasteiger charge is -2.21. The molecule has 0 saturated carbocycles. The second kappa shape index (κ2) is 9.02. The quantitative estimate of drug-likeness (QED) is 0.451. The van der Waals surface area contributed by atoms with Gasteiger partial charge in [0.05, 0.1) is 19.9 Å². The fraction of sp³-hybridized carbons (Fsp3) is 0.467. The van der Waals surface area contributed by atoms with Crippen molar-refractivity contribution in [3.8, 4) is 0 Å². The van der Waals surface area contributed by atoms with Crippen molar-refractivity contribution >= 4 is 23.3 Å². The van der Waals surface area contributed by atoms with E-state index >= 15 is 0 Å². The number of hydrogen-bond donors (Lipinski definition) is 1. The Kier molecular flexibility index (Phi) is 6.74. The van der Waals surface area contributed by atoms with Gasteiger partial charge in [0.1, 0.15) is 12.2 Å². The van der Waals surface area contributed by atoms with Crippen molar-refractivity contribution in [2.45, 2.75) is 19.5 Å². The van der Waals surface area contributed by atoms with Crippen molar-refractivity contribution in [2.24, 2.45) is 4.99 Å². The Hall–Kier alpha value is -2.42. The van der Waals surface area contributed by atoms with Crippen molar-refractivity contribution in [2.75, 3.05) is 27.7 Å². The van der Waals surface area contributed by atoms with Crippen molar-refractivity contribution < 1.29 is 9.53 Å². The van der Waals surface area contributed by atoms with Crippen LogP contribution >= 0.6 is 11.3 Å². The van der Waals surface area contributed by atoms with Crippen molar-refractivity contribution in [1.82, 2.24) is 25.2 Å². The predicted octanol–water partition coefficient (Wildman–Crippen LogP) is 0.762. The van der Waals surface area contributed by atoms with Crippen LogP contribution < -0.4 is 5.32 Å². The fourth-order valence-electron chi connectivity index (χ4n) is 2.09. The van der Waals surface area contributed by atoms with E-state index in [-0.39, 0.29) is 12.5 Å². The van der Waals surface area contributed by atoms with Crippen molar-refractivity contribution in [3.63, 3.8) is 0 Å². The Morgan fingerprint density at radius 3 is 3.04 bits per heavy atom. The number of hydrogen-bond acceptors (Lipinski definition) is 6. The first-order chi connectivity index (χ1) is 11.6. The molecule has 0 spiro atoms. The van der Waals surface area contributed by atoms with E-state index in [4.69, 9.17) is 0 Å². The highest BCUT2D eigenvalue weighted by Gasteiger charge is 2.09. The zero-order valence-electron chi connectivity index (χ0n) is 14.1. The minimum atomic E-state index is -0.358. The third kappa shape index (κ3) is 5.34. The lowest BCUT2D eigenvalue weighted by molar-refractivity contribution is -0.141. The molecule has 2 aromatic rings. The maximum atomic E-state index is 11.2. The number of methoxy groups -OCH3 is 1. The third-order valence-electron chi connectivity index (χ3n) is 3.38. The fourth-order valence-corrected chi connectivity index (χ4v) is 2.78. The number of guanidine groups is 1. The molecule has 2 heterocycles. The van der Waals surface area contributed by atoms with E-state index in [1.807, 2.05) is 7.05 Å².